The van der Waals surface area contributed by atoms with Crippen LogP contribution in [0.25, 0.3) is 0 Å². The number of hydrogen-bond donors (Lipinski definition) is 0. The molecule has 0 radical (unpaired) electrons. The van der Waals surface area contributed by atoms with Gasteiger partial charge in [0.15, 0.2) is 8.32 Å². The minimum absolute atomic E-state index is 0.221. The van der Waals surface area contributed by atoms with Crippen molar-refractivity contribution < 1.29 is 14.0 Å². The molecule has 4 heteroatoms. The molecule has 0 amide bonds. The maximum atomic E-state index is 10.9. The summed E-state index contributed by atoms with van der Waals surface area (Å²) in [7, 11) is -0.304. The van der Waals surface area contributed by atoms with Crippen molar-refractivity contribution in [2.24, 2.45) is 5.92 Å². The van der Waals surface area contributed by atoms with Gasteiger partial charge in [-0.15, -0.1) is 0 Å². The monoisotopic (exact) mass is 258 g/mol. The van der Waals surface area contributed by atoms with E-state index in [0.29, 0.717) is 6.61 Å². The van der Waals surface area contributed by atoms with Crippen molar-refractivity contribution in [3.63, 3.8) is 0 Å². The molecule has 0 aliphatic rings. The maximum absolute atomic E-state index is 10.9. The molecule has 0 fully saturated rings. The van der Waals surface area contributed by atoms with Gasteiger partial charge in [0.2, 0.25) is 0 Å². The van der Waals surface area contributed by atoms with E-state index in [2.05, 4.69) is 38.6 Å². The van der Waals surface area contributed by atoms with Crippen LogP contribution in [-0.4, -0.2) is 28.0 Å². The zero-order valence-electron chi connectivity index (χ0n) is 12.2. The highest BCUT2D eigenvalue weighted by atomic mass is 28.4. The minimum Gasteiger partial charge on any atom is -0.466 e. The molecule has 0 aromatic heterocycles. The van der Waals surface area contributed by atoms with E-state index in [9.17, 15) is 4.79 Å². The molecule has 17 heavy (non-hydrogen) atoms. The first-order chi connectivity index (χ1) is 7.60. The fourth-order valence-corrected chi connectivity index (χ4v) is 2.04. The SMILES string of the molecule is COC(=O)/C=C/[C@@H](C)CO[Si](C)(C)C(C)(C)C. The molecule has 1 atom stereocenters. The smallest absolute Gasteiger partial charge is 0.330 e. The average Bonchev–Trinajstić information content (AvgIpc) is 2.21. The van der Waals surface area contributed by atoms with Gasteiger partial charge in [0, 0.05) is 12.7 Å². The van der Waals surface area contributed by atoms with E-state index in [1.165, 1.54) is 13.2 Å². The van der Waals surface area contributed by atoms with E-state index in [4.69, 9.17) is 4.43 Å². The summed E-state index contributed by atoms with van der Waals surface area (Å²) in [6.45, 7) is 13.8. The lowest BCUT2D eigenvalue weighted by molar-refractivity contribution is -0.134. The second kappa shape index (κ2) is 6.35. The Balaban J connectivity index is 4.21. The molecular formula is C13H26O3Si. The average molecular weight is 258 g/mol. The Bertz CT molecular complexity index is 277. The van der Waals surface area contributed by atoms with Crippen LogP contribution in [0.4, 0.5) is 0 Å². The van der Waals surface area contributed by atoms with Gasteiger partial charge in [0.25, 0.3) is 0 Å². The Labute approximate surface area is 106 Å². The number of rotatable bonds is 5. The first-order valence-electron chi connectivity index (χ1n) is 6.00. The molecule has 0 saturated carbocycles. The summed E-state index contributed by atoms with van der Waals surface area (Å²) in [5, 5.41) is 0.221. The van der Waals surface area contributed by atoms with E-state index in [1.807, 2.05) is 13.0 Å². The van der Waals surface area contributed by atoms with Crippen LogP contribution in [-0.2, 0) is 14.0 Å². The van der Waals surface area contributed by atoms with Crippen LogP contribution in [0.1, 0.15) is 27.7 Å². The molecule has 0 N–H and O–H groups in total. The Morgan fingerprint density at radius 3 is 2.29 bits per heavy atom. The molecule has 0 heterocycles. The van der Waals surface area contributed by atoms with Gasteiger partial charge in [-0.25, -0.2) is 4.79 Å². The van der Waals surface area contributed by atoms with Crippen molar-refractivity contribution in [2.45, 2.75) is 45.8 Å². The summed E-state index contributed by atoms with van der Waals surface area (Å²) in [5.41, 5.74) is 0. The minimum atomic E-state index is -1.68. The van der Waals surface area contributed by atoms with Crippen LogP contribution in [0, 0.1) is 5.92 Å². The van der Waals surface area contributed by atoms with Crippen LogP contribution in [0.3, 0.4) is 0 Å². The van der Waals surface area contributed by atoms with Crippen LogP contribution >= 0.6 is 0 Å². The van der Waals surface area contributed by atoms with Gasteiger partial charge in [-0.1, -0.05) is 33.8 Å². The molecule has 3 nitrogen and oxygen atoms in total. The molecular weight excluding hydrogens is 232 g/mol. The van der Waals surface area contributed by atoms with Crippen molar-refractivity contribution >= 4 is 14.3 Å². The zero-order valence-corrected chi connectivity index (χ0v) is 13.2. The van der Waals surface area contributed by atoms with Gasteiger partial charge in [-0.3, -0.25) is 0 Å². The van der Waals surface area contributed by atoms with E-state index in [-0.39, 0.29) is 16.9 Å². The van der Waals surface area contributed by atoms with Gasteiger partial charge in [-0.2, -0.15) is 0 Å². The van der Waals surface area contributed by atoms with Crippen molar-refractivity contribution in [1.29, 1.82) is 0 Å². The predicted octanol–water partition coefficient (Wildman–Crippen LogP) is 3.37. The van der Waals surface area contributed by atoms with Crippen LogP contribution in [0.5, 0.6) is 0 Å². The molecule has 0 aliphatic carbocycles. The van der Waals surface area contributed by atoms with Crippen LogP contribution in [0.2, 0.25) is 18.1 Å². The normalized spacial score (nSPS) is 15.0. The van der Waals surface area contributed by atoms with Crippen molar-refractivity contribution in [2.75, 3.05) is 13.7 Å². The Morgan fingerprint density at radius 2 is 1.88 bits per heavy atom. The Kier molecular flexibility index (Phi) is 6.13. The molecule has 100 valence electrons. The fourth-order valence-electron chi connectivity index (χ4n) is 0.923. The van der Waals surface area contributed by atoms with Gasteiger partial charge in [0.1, 0.15) is 0 Å². The lowest BCUT2D eigenvalue weighted by Crippen LogP contribution is -2.41. The van der Waals surface area contributed by atoms with E-state index >= 15 is 0 Å². The number of carbonyl (C=O) groups is 1. The van der Waals surface area contributed by atoms with Gasteiger partial charge in [0.05, 0.1) is 7.11 Å². The zero-order chi connectivity index (χ0) is 13.7. The molecule has 0 spiro atoms. The third-order valence-electron chi connectivity index (χ3n) is 3.28. The standard InChI is InChI=1S/C13H26O3Si/c1-11(8-9-12(14)15-5)10-16-17(6,7)13(2,3)4/h8-9,11H,10H2,1-7H3/b9-8+/t11-/m1/s1. The predicted molar refractivity (Wildman–Crippen MR) is 73.5 cm³/mol. The summed E-state index contributed by atoms with van der Waals surface area (Å²) in [6, 6.07) is 0. The van der Waals surface area contributed by atoms with Gasteiger partial charge in [-0.05, 0) is 24.1 Å². The molecule has 0 aromatic rings. The highest BCUT2D eigenvalue weighted by Gasteiger charge is 2.37. The summed E-state index contributed by atoms with van der Waals surface area (Å²) < 4.78 is 10.6. The summed E-state index contributed by atoms with van der Waals surface area (Å²) in [5.74, 6) is -0.0904. The quantitative estimate of drug-likeness (QED) is 0.431. The first-order valence-corrected chi connectivity index (χ1v) is 8.91. The molecule has 0 saturated heterocycles. The Morgan fingerprint density at radius 1 is 1.35 bits per heavy atom. The largest absolute Gasteiger partial charge is 0.466 e. The van der Waals surface area contributed by atoms with E-state index in [0.717, 1.165) is 0 Å². The summed E-state index contributed by atoms with van der Waals surface area (Å²) in [4.78, 5) is 10.9. The molecule has 0 unspecified atom stereocenters. The lowest BCUT2D eigenvalue weighted by atomic mass is 10.2. The van der Waals surface area contributed by atoms with E-state index < -0.39 is 8.32 Å². The molecule has 0 bridgehead atoms. The second-order valence-electron chi connectivity index (χ2n) is 5.93. The number of methoxy groups -OCH3 is 1. The number of carbonyl (C=O) groups excluding carboxylic acids is 1. The Hall–Kier alpha value is -0.613. The summed E-state index contributed by atoms with van der Waals surface area (Å²) >= 11 is 0. The van der Waals surface area contributed by atoms with Gasteiger partial charge >= 0.3 is 5.97 Å². The topological polar surface area (TPSA) is 35.5 Å². The van der Waals surface area contributed by atoms with Gasteiger partial charge < -0.3 is 9.16 Å². The van der Waals surface area contributed by atoms with Crippen LogP contribution < -0.4 is 0 Å². The number of esters is 1. The van der Waals surface area contributed by atoms with Crippen molar-refractivity contribution in [3.05, 3.63) is 12.2 Å². The first kappa shape index (κ1) is 16.4. The fraction of sp³-hybridized carbons (Fsp3) is 0.769. The second-order valence-corrected chi connectivity index (χ2v) is 10.7. The van der Waals surface area contributed by atoms with Crippen LogP contribution in [0.15, 0.2) is 12.2 Å². The molecule has 0 aromatic carbocycles. The highest BCUT2D eigenvalue weighted by Crippen LogP contribution is 2.36. The molecule has 0 rings (SSSR count). The summed E-state index contributed by atoms with van der Waals surface area (Å²) in [6.07, 6.45) is 3.29. The maximum Gasteiger partial charge on any atom is 0.330 e. The van der Waals surface area contributed by atoms with E-state index in [1.54, 1.807) is 0 Å². The third kappa shape index (κ3) is 6.03. The third-order valence-corrected chi connectivity index (χ3v) is 7.78. The van der Waals surface area contributed by atoms with Crippen molar-refractivity contribution in [1.82, 2.24) is 0 Å². The molecule has 0 aliphatic heterocycles. The number of hydrogen-bond acceptors (Lipinski definition) is 3. The van der Waals surface area contributed by atoms with Crippen molar-refractivity contribution in [3.8, 4) is 0 Å². The highest BCUT2D eigenvalue weighted by molar-refractivity contribution is 6.74. The number of ether oxygens (including phenoxy) is 1. The lowest BCUT2D eigenvalue weighted by Gasteiger charge is -2.36.